The van der Waals surface area contributed by atoms with Gasteiger partial charge in [-0.3, -0.25) is 24.6 Å². The lowest BCUT2D eigenvalue weighted by molar-refractivity contribution is -0.140. The molecule has 4 aliphatic rings. The van der Waals surface area contributed by atoms with E-state index in [0.717, 1.165) is 17.7 Å². The maximum Gasteiger partial charge on any atom is 0.423 e. The van der Waals surface area contributed by atoms with Crippen molar-refractivity contribution in [1.82, 2.24) is 9.91 Å². The number of fused-ring (bicyclic) bond motifs is 4. The van der Waals surface area contributed by atoms with Crippen LogP contribution >= 0.6 is 31.9 Å². The Bertz CT molecular complexity index is 1970. The predicted molar refractivity (Wildman–Crippen MR) is 183 cm³/mol. The number of anilines is 1. The molecule has 49 heavy (non-hydrogen) atoms. The van der Waals surface area contributed by atoms with E-state index in [1.807, 2.05) is 43.3 Å². The number of carbonyl (C=O) groups excluding carboxylic acids is 5. The van der Waals surface area contributed by atoms with Crippen molar-refractivity contribution in [2.75, 3.05) is 19.6 Å². The van der Waals surface area contributed by atoms with Crippen molar-refractivity contribution in [2.45, 2.75) is 31.1 Å². The van der Waals surface area contributed by atoms with E-state index >= 15 is 4.79 Å². The lowest BCUT2D eigenvalue weighted by Gasteiger charge is -2.51. The molecule has 1 saturated carbocycles. The normalized spacial score (nSPS) is 27.4. The van der Waals surface area contributed by atoms with E-state index in [-0.39, 0.29) is 28.8 Å². The zero-order valence-electron chi connectivity index (χ0n) is 26.6. The van der Waals surface area contributed by atoms with Crippen molar-refractivity contribution in [3.63, 3.8) is 0 Å². The molecule has 2 aliphatic heterocycles. The maximum absolute atomic E-state index is 15.3. The average molecular weight is 793 g/mol. The Morgan fingerprint density at radius 3 is 2.29 bits per heavy atom. The summed E-state index contributed by atoms with van der Waals surface area (Å²) < 4.78 is 11.0. The molecule has 3 aromatic carbocycles. The van der Waals surface area contributed by atoms with E-state index in [1.54, 1.807) is 30.3 Å². The van der Waals surface area contributed by atoms with Crippen LogP contribution in [-0.2, 0) is 29.3 Å². The molecule has 5 amide bonds. The smallest absolute Gasteiger partial charge is 0.423 e. The molecule has 252 valence electrons. The van der Waals surface area contributed by atoms with Gasteiger partial charge in [0.2, 0.25) is 11.8 Å². The Morgan fingerprint density at radius 1 is 0.939 bits per heavy atom. The van der Waals surface area contributed by atoms with E-state index in [2.05, 4.69) is 37.3 Å². The van der Waals surface area contributed by atoms with Gasteiger partial charge >= 0.3 is 6.09 Å². The van der Waals surface area contributed by atoms with Crippen molar-refractivity contribution < 1.29 is 38.6 Å². The number of amides is 5. The van der Waals surface area contributed by atoms with Crippen LogP contribution in [0.3, 0.4) is 0 Å². The SMILES string of the molecule is COC(=O)N1C(=O)C2CC=C3C(CC4C(=O)N(Nc5ccc(C)cc5)C(=O)C4(c4ccccc4)C3c3cc(OC)c(O)c(Br)c3Br)C2C1=O. The molecule has 0 spiro atoms. The number of aryl methyl sites for hydroxylation is 1. The minimum atomic E-state index is -1.54. The van der Waals surface area contributed by atoms with Gasteiger partial charge in [0, 0.05) is 10.4 Å². The molecular weight excluding hydrogens is 762 g/mol. The number of hydrogen-bond acceptors (Lipinski definition) is 9. The molecule has 0 aromatic heterocycles. The standard InChI is InChI=1S/C36H31Br2N3O8/c1-17-9-11-19(12-10-17)39-41-32(44)24-15-22-20(13-14-21-26(22)33(45)40(31(21)43)35(47)49-3)27(23-16-25(48-2)30(42)29(38)28(23)37)36(24,34(41)46)18-7-5-4-6-8-18/h4-13,16,21-22,24,26-27,39,42H,14-15H2,1-3H3. The van der Waals surface area contributed by atoms with Crippen LogP contribution in [-0.4, -0.2) is 59.0 Å². The molecule has 2 heterocycles. The van der Waals surface area contributed by atoms with Crippen LogP contribution in [0, 0.1) is 30.6 Å². The van der Waals surface area contributed by atoms with E-state index in [0.29, 0.717) is 31.8 Å². The summed E-state index contributed by atoms with van der Waals surface area (Å²) in [7, 11) is 2.51. The zero-order chi connectivity index (χ0) is 34.9. The number of methoxy groups -OCH3 is 2. The summed E-state index contributed by atoms with van der Waals surface area (Å²) >= 11 is 7.14. The summed E-state index contributed by atoms with van der Waals surface area (Å²) in [5.74, 6) is -6.80. The summed E-state index contributed by atoms with van der Waals surface area (Å²) in [5.41, 5.74) is 4.82. The van der Waals surface area contributed by atoms with Crippen molar-refractivity contribution >= 4 is 67.3 Å². The molecule has 0 bridgehead atoms. The molecule has 13 heteroatoms. The van der Waals surface area contributed by atoms with E-state index in [1.165, 1.54) is 7.11 Å². The Balaban J connectivity index is 1.50. The second kappa shape index (κ2) is 12.1. The fourth-order valence-electron chi connectivity index (χ4n) is 8.34. The predicted octanol–water partition coefficient (Wildman–Crippen LogP) is 5.99. The van der Waals surface area contributed by atoms with Gasteiger partial charge in [-0.25, -0.2) is 4.79 Å². The number of hydrazine groups is 1. The van der Waals surface area contributed by atoms with E-state index in [4.69, 9.17) is 9.47 Å². The molecular formula is C36H31Br2N3O8. The molecule has 6 unspecified atom stereocenters. The summed E-state index contributed by atoms with van der Waals surface area (Å²) in [5, 5.41) is 12.0. The molecule has 0 radical (unpaired) electrons. The van der Waals surface area contributed by atoms with Gasteiger partial charge in [-0.15, -0.1) is 0 Å². The van der Waals surface area contributed by atoms with Crippen molar-refractivity contribution in [2.24, 2.45) is 23.7 Å². The Hall–Kier alpha value is -4.49. The molecule has 6 atom stereocenters. The number of halogens is 2. The first-order valence-corrected chi connectivity index (χ1v) is 17.2. The number of phenols is 1. The fourth-order valence-corrected chi connectivity index (χ4v) is 9.30. The third-order valence-corrected chi connectivity index (χ3v) is 12.6. The summed E-state index contributed by atoms with van der Waals surface area (Å²) in [6, 6.07) is 18.0. The third-order valence-electron chi connectivity index (χ3n) is 10.5. The molecule has 3 aromatic rings. The molecule has 2 saturated heterocycles. The molecule has 3 fully saturated rings. The molecule has 2 aliphatic carbocycles. The minimum Gasteiger partial charge on any atom is -0.503 e. The van der Waals surface area contributed by atoms with Crippen LogP contribution in [0.1, 0.15) is 35.4 Å². The van der Waals surface area contributed by atoms with E-state index < -0.39 is 64.7 Å². The molecule has 11 nitrogen and oxygen atoms in total. The summed E-state index contributed by atoms with van der Waals surface area (Å²) in [6.45, 7) is 1.93. The van der Waals surface area contributed by atoms with Crippen LogP contribution in [0.5, 0.6) is 11.5 Å². The number of likely N-dealkylation sites (tertiary alicyclic amines) is 1. The number of nitrogens with zero attached hydrogens (tertiary/aromatic N) is 2. The topological polar surface area (TPSA) is 143 Å². The van der Waals surface area contributed by atoms with Crippen molar-refractivity contribution in [3.05, 3.63) is 97.9 Å². The number of hydrogen-bond donors (Lipinski definition) is 2. The van der Waals surface area contributed by atoms with Gasteiger partial charge in [0.25, 0.3) is 11.8 Å². The first-order valence-electron chi connectivity index (χ1n) is 15.6. The number of ether oxygens (including phenoxy) is 2. The Morgan fingerprint density at radius 2 is 1.63 bits per heavy atom. The maximum atomic E-state index is 15.3. The highest BCUT2D eigenvalue weighted by molar-refractivity contribution is 9.13. The Kier molecular flexibility index (Phi) is 8.18. The first-order chi connectivity index (χ1) is 23.5. The van der Waals surface area contributed by atoms with Gasteiger partial charge in [0.1, 0.15) is 0 Å². The van der Waals surface area contributed by atoms with Crippen molar-refractivity contribution in [3.8, 4) is 11.5 Å². The second-order valence-corrected chi connectivity index (χ2v) is 14.3. The quantitative estimate of drug-likeness (QED) is 0.236. The lowest BCUT2D eigenvalue weighted by Crippen LogP contribution is -2.53. The van der Waals surface area contributed by atoms with E-state index in [9.17, 15) is 24.3 Å². The van der Waals surface area contributed by atoms with Crippen LogP contribution in [0.4, 0.5) is 10.5 Å². The number of phenolic OH excluding ortho intramolecular Hbond substituents is 1. The highest BCUT2D eigenvalue weighted by Gasteiger charge is 2.71. The number of rotatable bonds is 5. The molecule has 7 rings (SSSR count). The van der Waals surface area contributed by atoms with Crippen LogP contribution in [0.25, 0.3) is 0 Å². The Labute approximate surface area is 298 Å². The lowest BCUT2D eigenvalue weighted by atomic mass is 9.49. The van der Waals surface area contributed by atoms with Gasteiger partial charge in [0.05, 0.1) is 47.5 Å². The fraction of sp³-hybridized carbons (Fsp3) is 0.306. The van der Waals surface area contributed by atoms with Crippen LogP contribution in [0.2, 0.25) is 0 Å². The van der Waals surface area contributed by atoms with Gasteiger partial charge in [-0.2, -0.15) is 9.91 Å². The van der Waals surface area contributed by atoms with Gasteiger partial charge in [-0.1, -0.05) is 59.7 Å². The third kappa shape index (κ3) is 4.68. The summed E-state index contributed by atoms with van der Waals surface area (Å²) in [4.78, 5) is 70.7. The zero-order valence-corrected chi connectivity index (χ0v) is 29.8. The molecule has 2 N–H and O–H groups in total. The monoisotopic (exact) mass is 791 g/mol. The second-order valence-electron chi connectivity index (χ2n) is 12.7. The largest absolute Gasteiger partial charge is 0.503 e. The number of nitrogens with one attached hydrogen (secondary N) is 1. The minimum absolute atomic E-state index is 0.0527. The highest BCUT2D eigenvalue weighted by atomic mass is 79.9. The first kappa shape index (κ1) is 33.0. The van der Waals surface area contributed by atoms with Crippen LogP contribution in [0.15, 0.2) is 81.3 Å². The van der Waals surface area contributed by atoms with Crippen molar-refractivity contribution in [1.29, 1.82) is 0 Å². The number of allylic oxidation sites excluding steroid dienone is 2. The number of imide groups is 4. The van der Waals surface area contributed by atoms with Gasteiger partial charge < -0.3 is 14.6 Å². The van der Waals surface area contributed by atoms with Gasteiger partial charge in [0.15, 0.2) is 11.5 Å². The number of aromatic hydroxyl groups is 1. The summed E-state index contributed by atoms with van der Waals surface area (Å²) in [6.07, 6.45) is 0.989. The average Bonchev–Trinajstić information content (AvgIpc) is 3.49. The number of carbonyl (C=O) groups is 5. The number of benzene rings is 3. The highest BCUT2D eigenvalue weighted by Crippen LogP contribution is 2.65. The van der Waals surface area contributed by atoms with Gasteiger partial charge in [-0.05, 0) is 86.9 Å². The van der Waals surface area contributed by atoms with Crippen LogP contribution < -0.4 is 10.2 Å².